The molecule has 0 spiro atoms. The number of nitrogens with one attached hydrogen (secondary N) is 2. The van der Waals surface area contributed by atoms with Crippen molar-refractivity contribution >= 4 is 11.8 Å². The van der Waals surface area contributed by atoms with Gasteiger partial charge in [-0.2, -0.15) is 0 Å². The molecule has 0 fully saturated rings. The maximum atomic E-state index is 11.9. The molecule has 3 rings (SSSR count). The van der Waals surface area contributed by atoms with Crippen molar-refractivity contribution in [2.75, 3.05) is 0 Å². The Morgan fingerprint density at radius 2 is 2.26 bits per heavy atom. The number of fused-ring (bicyclic) bond motifs is 1. The number of hydrogen-bond acceptors (Lipinski definition) is 4. The molecule has 0 radical (unpaired) electrons. The minimum Gasteiger partial charge on any atom is -0.310 e. The molecule has 5 heteroatoms. The van der Waals surface area contributed by atoms with E-state index in [-0.39, 0.29) is 5.56 Å². The van der Waals surface area contributed by atoms with E-state index >= 15 is 0 Å². The van der Waals surface area contributed by atoms with Crippen LogP contribution < -0.4 is 10.9 Å². The molecule has 0 unspecified atom stereocenters. The van der Waals surface area contributed by atoms with E-state index in [1.807, 2.05) is 6.07 Å². The molecule has 1 aliphatic rings. The summed E-state index contributed by atoms with van der Waals surface area (Å²) in [5.41, 5.74) is 2.91. The Labute approximate surface area is 115 Å². The standard InChI is InChI=1S/C14H15N3OS/c1-9-3-2-4-10(5-9)19-8-13-16-12-7-15-6-11(12)14(18)17-13/h2-5,15H,6-8H2,1H3,(H,16,17,18). The van der Waals surface area contributed by atoms with Gasteiger partial charge in [0.1, 0.15) is 5.82 Å². The number of rotatable bonds is 3. The Hall–Kier alpha value is -1.59. The van der Waals surface area contributed by atoms with Crippen molar-refractivity contribution in [1.82, 2.24) is 15.3 Å². The molecule has 0 aliphatic carbocycles. The zero-order valence-electron chi connectivity index (χ0n) is 10.7. The molecule has 4 nitrogen and oxygen atoms in total. The normalized spacial score (nSPS) is 13.5. The van der Waals surface area contributed by atoms with Crippen molar-refractivity contribution < 1.29 is 0 Å². The average molecular weight is 273 g/mol. The van der Waals surface area contributed by atoms with E-state index in [0.29, 0.717) is 18.8 Å². The summed E-state index contributed by atoms with van der Waals surface area (Å²) >= 11 is 1.69. The summed E-state index contributed by atoms with van der Waals surface area (Å²) in [5.74, 6) is 1.44. The predicted octanol–water partition coefficient (Wildman–Crippen LogP) is 1.97. The SMILES string of the molecule is Cc1cccc(SCc2nc3c(c(=O)[nH]2)CNC3)c1. The van der Waals surface area contributed by atoms with Crippen LogP contribution in [0.1, 0.15) is 22.6 Å². The van der Waals surface area contributed by atoms with Gasteiger partial charge in [0.15, 0.2) is 0 Å². The molecular formula is C14H15N3OS. The van der Waals surface area contributed by atoms with E-state index < -0.39 is 0 Å². The number of benzene rings is 1. The number of thioether (sulfide) groups is 1. The number of aromatic amines is 1. The Morgan fingerprint density at radius 3 is 3.11 bits per heavy atom. The lowest BCUT2D eigenvalue weighted by Gasteiger charge is -2.04. The van der Waals surface area contributed by atoms with Gasteiger partial charge in [0.05, 0.1) is 17.0 Å². The lowest BCUT2D eigenvalue weighted by atomic mass is 10.2. The zero-order chi connectivity index (χ0) is 13.2. The predicted molar refractivity (Wildman–Crippen MR) is 76.1 cm³/mol. The summed E-state index contributed by atoms with van der Waals surface area (Å²) in [4.78, 5) is 20.4. The number of nitrogens with zero attached hydrogens (tertiary/aromatic N) is 1. The van der Waals surface area contributed by atoms with Gasteiger partial charge in [-0.15, -0.1) is 11.8 Å². The number of H-pyrrole nitrogens is 1. The highest BCUT2D eigenvalue weighted by Gasteiger charge is 2.16. The van der Waals surface area contributed by atoms with Gasteiger partial charge in [-0.3, -0.25) is 4.79 Å². The highest BCUT2D eigenvalue weighted by molar-refractivity contribution is 7.98. The van der Waals surface area contributed by atoms with E-state index in [9.17, 15) is 4.79 Å². The van der Waals surface area contributed by atoms with Gasteiger partial charge in [-0.25, -0.2) is 4.98 Å². The van der Waals surface area contributed by atoms with Crippen molar-refractivity contribution in [3.8, 4) is 0 Å². The van der Waals surface area contributed by atoms with Gasteiger partial charge < -0.3 is 10.3 Å². The molecule has 0 bridgehead atoms. The molecule has 0 saturated carbocycles. The fourth-order valence-corrected chi connectivity index (χ4v) is 3.04. The van der Waals surface area contributed by atoms with Crippen LogP contribution in [-0.2, 0) is 18.8 Å². The second kappa shape index (κ2) is 5.19. The summed E-state index contributed by atoms with van der Waals surface area (Å²) in [5, 5.41) is 3.15. The third-order valence-electron chi connectivity index (χ3n) is 3.11. The molecular weight excluding hydrogens is 258 g/mol. The second-order valence-corrected chi connectivity index (χ2v) is 5.70. The zero-order valence-corrected chi connectivity index (χ0v) is 11.5. The smallest absolute Gasteiger partial charge is 0.255 e. The Morgan fingerprint density at radius 1 is 1.37 bits per heavy atom. The van der Waals surface area contributed by atoms with Crippen LogP contribution in [0.3, 0.4) is 0 Å². The van der Waals surface area contributed by atoms with Crippen LogP contribution in [0.2, 0.25) is 0 Å². The summed E-state index contributed by atoms with van der Waals surface area (Å²) in [7, 11) is 0. The largest absolute Gasteiger partial charge is 0.310 e. The topological polar surface area (TPSA) is 57.8 Å². The van der Waals surface area contributed by atoms with E-state index in [4.69, 9.17) is 0 Å². The Bertz CT molecular complexity index is 666. The van der Waals surface area contributed by atoms with Crippen LogP contribution in [0, 0.1) is 6.92 Å². The van der Waals surface area contributed by atoms with Crippen molar-refractivity contribution in [2.45, 2.75) is 30.7 Å². The third-order valence-corrected chi connectivity index (χ3v) is 4.11. The van der Waals surface area contributed by atoms with E-state index in [2.05, 4.69) is 40.4 Å². The third kappa shape index (κ3) is 2.72. The molecule has 1 aromatic carbocycles. The summed E-state index contributed by atoms with van der Waals surface area (Å²) in [6.07, 6.45) is 0. The first-order valence-electron chi connectivity index (χ1n) is 6.23. The van der Waals surface area contributed by atoms with Crippen molar-refractivity contribution in [1.29, 1.82) is 0 Å². The van der Waals surface area contributed by atoms with Crippen LogP contribution in [0.15, 0.2) is 34.0 Å². The van der Waals surface area contributed by atoms with Crippen LogP contribution >= 0.6 is 11.8 Å². The van der Waals surface area contributed by atoms with Crippen molar-refractivity contribution in [3.63, 3.8) is 0 Å². The highest BCUT2D eigenvalue weighted by atomic mass is 32.2. The minimum absolute atomic E-state index is 0.00478. The van der Waals surface area contributed by atoms with Gasteiger partial charge in [-0.1, -0.05) is 17.7 Å². The summed E-state index contributed by atoms with van der Waals surface area (Å²) < 4.78 is 0. The van der Waals surface area contributed by atoms with Crippen LogP contribution in [0.5, 0.6) is 0 Å². The first-order valence-corrected chi connectivity index (χ1v) is 7.22. The number of aryl methyl sites for hydroxylation is 1. The van der Waals surface area contributed by atoms with Gasteiger partial charge in [-0.05, 0) is 19.1 Å². The first-order chi connectivity index (χ1) is 9.22. The molecule has 2 aromatic rings. The molecule has 0 saturated heterocycles. The molecule has 19 heavy (non-hydrogen) atoms. The number of hydrogen-bond donors (Lipinski definition) is 2. The lowest BCUT2D eigenvalue weighted by Crippen LogP contribution is -2.17. The molecule has 1 aliphatic heterocycles. The molecule has 98 valence electrons. The Kier molecular flexibility index (Phi) is 3.40. The van der Waals surface area contributed by atoms with Crippen LogP contribution in [0.4, 0.5) is 0 Å². The second-order valence-electron chi connectivity index (χ2n) is 4.65. The monoisotopic (exact) mass is 273 g/mol. The first kappa shape index (κ1) is 12.4. The fraction of sp³-hybridized carbons (Fsp3) is 0.286. The lowest BCUT2D eigenvalue weighted by molar-refractivity contribution is 0.756. The fourth-order valence-electron chi connectivity index (χ4n) is 2.16. The summed E-state index contributed by atoms with van der Waals surface area (Å²) in [6.45, 7) is 3.40. The minimum atomic E-state index is -0.00478. The van der Waals surface area contributed by atoms with Crippen LogP contribution in [-0.4, -0.2) is 9.97 Å². The quantitative estimate of drug-likeness (QED) is 0.840. The molecule has 0 amide bonds. The highest BCUT2D eigenvalue weighted by Crippen LogP contribution is 2.22. The summed E-state index contributed by atoms with van der Waals surface area (Å²) in [6, 6.07) is 8.33. The molecule has 2 N–H and O–H groups in total. The maximum absolute atomic E-state index is 11.9. The Balaban J connectivity index is 1.77. The average Bonchev–Trinajstić information content (AvgIpc) is 2.85. The van der Waals surface area contributed by atoms with E-state index in [0.717, 1.165) is 17.1 Å². The van der Waals surface area contributed by atoms with Crippen molar-refractivity contribution in [3.05, 3.63) is 57.3 Å². The maximum Gasteiger partial charge on any atom is 0.255 e. The van der Waals surface area contributed by atoms with Crippen molar-refractivity contribution in [2.24, 2.45) is 0 Å². The number of aromatic nitrogens is 2. The molecule has 2 heterocycles. The van der Waals surface area contributed by atoms with Crippen LogP contribution in [0.25, 0.3) is 0 Å². The van der Waals surface area contributed by atoms with Gasteiger partial charge in [0, 0.05) is 18.0 Å². The molecule has 1 aromatic heterocycles. The van der Waals surface area contributed by atoms with E-state index in [1.54, 1.807) is 11.8 Å². The van der Waals surface area contributed by atoms with E-state index in [1.165, 1.54) is 10.5 Å². The van der Waals surface area contributed by atoms with Gasteiger partial charge in [0.2, 0.25) is 0 Å². The van der Waals surface area contributed by atoms with Gasteiger partial charge in [0.25, 0.3) is 5.56 Å². The van der Waals surface area contributed by atoms with Gasteiger partial charge >= 0.3 is 0 Å². The molecule has 0 atom stereocenters.